The fraction of sp³-hybridized carbons (Fsp3) is 0. The van der Waals surface area contributed by atoms with Gasteiger partial charge in [-0.05, 0) is 23.8 Å². The van der Waals surface area contributed by atoms with Gasteiger partial charge in [0.05, 0.1) is 16.1 Å². The van der Waals surface area contributed by atoms with Crippen molar-refractivity contribution in [3.63, 3.8) is 0 Å². The molecular weight excluding hydrogens is 264 g/mol. The second-order valence-corrected chi connectivity index (χ2v) is 4.61. The minimum Gasteiger partial charge on any atom is -0.258 e. The van der Waals surface area contributed by atoms with Crippen molar-refractivity contribution in [3.8, 4) is 0 Å². The van der Waals surface area contributed by atoms with Crippen LogP contribution in [0.15, 0.2) is 60.7 Å². The number of fused-ring (bicyclic) bond motifs is 1. The lowest BCUT2D eigenvalue weighted by Crippen LogP contribution is -1.89. The molecule has 0 saturated carbocycles. The smallest absolute Gasteiger partial charge is 0.258 e. The lowest BCUT2D eigenvalue weighted by Gasteiger charge is -1.99. The lowest BCUT2D eigenvalue weighted by atomic mass is 10.1. The van der Waals surface area contributed by atoms with Crippen molar-refractivity contribution in [2.45, 2.75) is 0 Å². The summed E-state index contributed by atoms with van der Waals surface area (Å²) < 4.78 is 0. The Hall–Kier alpha value is -3.01. The highest BCUT2D eigenvalue weighted by atomic mass is 16.6. The zero-order valence-electron chi connectivity index (χ0n) is 11.1. The number of non-ortho nitro benzene ring substituents is 1. The normalized spacial score (nSPS) is 11.0. The van der Waals surface area contributed by atoms with Crippen molar-refractivity contribution in [2.75, 3.05) is 0 Å². The molecule has 4 heteroatoms. The van der Waals surface area contributed by atoms with Crippen molar-refractivity contribution >= 4 is 28.7 Å². The first kappa shape index (κ1) is 13.0. The van der Waals surface area contributed by atoms with Gasteiger partial charge < -0.3 is 0 Å². The molecule has 0 amide bonds. The number of nitro benzene ring substituents is 1. The Kier molecular flexibility index (Phi) is 3.43. The van der Waals surface area contributed by atoms with Gasteiger partial charge in [-0.25, -0.2) is 4.98 Å². The van der Waals surface area contributed by atoms with Gasteiger partial charge in [-0.1, -0.05) is 42.5 Å². The quantitative estimate of drug-likeness (QED) is 0.529. The highest BCUT2D eigenvalue weighted by molar-refractivity contribution is 5.83. The van der Waals surface area contributed by atoms with Crippen LogP contribution in [-0.4, -0.2) is 9.91 Å². The molecular formula is C17H12N2O2. The van der Waals surface area contributed by atoms with E-state index in [-0.39, 0.29) is 5.69 Å². The zero-order chi connectivity index (χ0) is 14.7. The van der Waals surface area contributed by atoms with Gasteiger partial charge in [-0.15, -0.1) is 0 Å². The van der Waals surface area contributed by atoms with Gasteiger partial charge in [-0.3, -0.25) is 10.1 Å². The van der Waals surface area contributed by atoms with Crippen molar-refractivity contribution in [3.05, 3.63) is 82.0 Å². The summed E-state index contributed by atoms with van der Waals surface area (Å²) in [6.07, 6.45) is 3.91. The second-order valence-electron chi connectivity index (χ2n) is 4.61. The summed E-state index contributed by atoms with van der Waals surface area (Å²) in [7, 11) is 0. The van der Waals surface area contributed by atoms with Gasteiger partial charge in [0.2, 0.25) is 0 Å². The number of nitrogens with zero attached hydrogens (tertiary/aromatic N) is 2. The molecule has 0 aliphatic rings. The summed E-state index contributed by atoms with van der Waals surface area (Å²) in [6.45, 7) is 0. The first-order chi connectivity index (χ1) is 10.2. The number of nitro groups is 1. The van der Waals surface area contributed by atoms with E-state index in [9.17, 15) is 10.1 Å². The van der Waals surface area contributed by atoms with Crippen LogP contribution in [0.2, 0.25) is 0 Å². The summed E-state index contributed by atoms with van der Waals surface area (Å²) in [6, 6.07) is 18.3. The van der Waals surface area contributed by atoms with Gasteiger partial charge in [0.15, 0.2) is 0 Å². The van der Waals surface area contributed by atoms with Gasteiger partial charge in [0, 0.05) is 17.5 Å². The molecule has 21 heavy (non-hydrogen) atoms. The van der Waals surface area contributed by atoms with Crippen LogP contribution in [0.1, 0.15) is 11.3 Å². The van der Waals surface area contributed by atoms with E-state index < -0.39 is 4.92 Å². The monoisotopic (exact) mass is 276 g/mol. The van der Waals surface area contributed by atoms with Crippen LogP contribution < -0.4 is 0 Å². The number of hydrogen-bond acceptors (Lipinski definition) is 3. The van der Waals surface area contributed by atoms with E-state index in [2.05, 4.69) is 4.98 Å². The maximum atomic E-state index is 10.7. The van der Waals surface area contributed by atoms with E-state index in [0.717, 1.165) is 22.2 Å². The van der Waals surface area contributed by atoms with E-state index in [4.69, 9.17) is 0 Å². The Morgan fingerprint density at radius 2 is 1.76 bits per heavy atom. The van der Waals surface area contributed by atoms with E-state index >= 15 is 0 Å². The van der Waals surface area contributed by atoms with Crippen molar-refractivity contribution < 1.29 is 4.92 Å². The van der Waals surface area contributed by atoms with Crippen molar-refractivity contribution in [1.29, 1.82) is 0 Å². The minimum atomic E-state index is -0.400. The van der Waals surface area contributed by atoms with Gasteiger partial charge in [0.25, 0.3) is 5.69 Å². The first-order valence-corrected chi connectivity index (χ1v) is 6.51. The summed E-state index contributed by atoms with van der Waals surface area (Å²) in [5.74, 6) is 0. The van der Waals surface area contributed by atoms with Crippen molar-refractivity contribution in [2.24, 2.45) is 0 Å². The molecule has 0 fully saturated rings. The number of pyridine rings is 1. The molecule has 102 valence electrons. The molecule has 0 spiro atoms. The van der Waals surface area contributed by atoms with Crippen LogP contribution in [0.5, 0.6) is 0 Å². The Morgan fingerprint density at radius 1 is 0.952 bits per heavy atom. The van der Waals surface area contributed by atoms with E-state index in [1.807, 2.05) is 54.6 Å². The summed E-state index contributed by atoms with van der Waals surface area (Å²) in [4.78, 5) is 14.8. The fourth-order valence-electron chi connectivity index (χ4n) is 2.08. The number of hydrogen-bond donors (Lipinski definition) is 0. The molecule has 0 aliphatic carbocycles. The van der Waals surface area contributed by atoms with E-state index in [1.165, 1.54) is 12.1 Å². The van der Waals surface area contributed by atoms with Gasteiger partial charge in [0.1, 0.15) is 0 Å². The average Bonchev–Trinajstić information content (AvgIpc) is 2.53. The Balaban J connectivity index is 1.93. The molecule has 4 nitrogen and oxygen atoms in total. The van der Waals surface area contributed by atoms with Crippen molar-refractivity contribution in [1.82, 2.24) is 4.98 Å². The third-order valence-electron chi connectivity index (χ3n) is 3.15. The Morgan fingerprint density at radius 3 is 2.52 bits per heavy atom. The molecule has 3 rings (SSSR count). The minimum absolute atomic E-state index is 0.0804. The summed E-state index contributed by atoms with van der Waals surface area (Å²) >= 11 is 0. The van der Waals surface area contributed by atoms with Crippen LogP contribution in [0.4, 0.5) is 5.69 Å². The van der Waals surface area contributed by atoms with E-state index in [1.54, 1.807) is 6.07 Å². The Labute approximate surface area is 121 Å². The number of aromatic nitrogens is 1. The maximum absolute atomic E-state index is 10.7. The Bertz CT molecular complexity index is 827. The van der Waals surface area contributed by atoms with Gasteiger partial charge in [-0.2, -0.15) is 0 Å². The largest absolute Gasteiger partial charge is 0.270 e. The maximum Gasteiger partial charge on any atom is 0.270 e. The molecule has 0 atom stereocenters. The van der Waals surface area contributed by atoms with Crippen LogP contribution in [0, 0.1) is 10.1 Å². The lowest BCUT2D eigenvalue weighted by molar-refractivity contribution is -0.384. The van der Waals surface area contributed by atoms with Crippen LogP contribution >= 0.6 is 0 Å². The third kappa shape index (κ3) is 2.95. The molecule has 0 radical (unpaired) electrons. The topological polar surface area (TPSA) is 56.0 Å². The molecule has 0 unspecified atom stereocenters. The van der Waals surface area contributed by atoms with E-state index in [0.29, 0.717) is 0 Å². The zero-order valence-corrected chi connectivity index (χ0v) is 11.1. The molecule has 1 aromatic heterocycles. The third-order valence-corrected chi connectivity index (χ3v) is 3.15. The highest BCUT2D eigenvalue weighted by Gasteiger charge is 2.06. The predicted octanol–water partition coefficient (Wildman–Crippen LogP) is 4.31. The molecule has 1 heterocycles. The van der Waals surface area contributed by atoms with Crippen LogP contribution in [0.25, 0.3) is 23.1 Å². The molecule has 3 aromatic rings. The summed E-state index contributed by atoms with van der Waals surface area (Å²) in [5, 5.41) is 11.5. The highest BCUT2D eigenvalue weighted by Crippen LogP contribution is 2.20. The SMILES string of the molecule is O=[N+]([O-])c1ccc2nc(C=Cc3ccccc3)ccc2c1. The van der Waals surface area contributed by atoms with Gasteiger partial charge >= 0.3 is 0 Å². The van der Waals surface area contributed by atoms with Crippen LogP contribution in [0.3, 0.4) is 0 Å². The molecule has 0 bridgehead atoms. The fourth-order valence-corrected chi connectivity index (χ4v) is 2.08. The second kappa shape index (κ2) is 5.54. The standard InChI is InChI=1S/C17H12N2O2/c20-19(21)16-10-11-17-14(12-16)7-9-15(18-17)8-6-13-4-2-1-3-5-13/h1-12H. The first-order valence-electron chi connectivity index (χ1n) is 6.51. The summed E-state index contributed by atoms with van der Waals surface area (Å²) in [5.41, 5.74) is 2.75. The molecule has 0 aliphatic heterocycles. The number of rotatable bonds is 3. The average molecular weight is 276 g/mol. The molecule has 2 aromatic carbocycles. The van der Waals surface area contributed by atoms with Crippen LogP contribution in [-0.2, 0) is 0 Å². The molecule has 0 saturated heterocycles. The number of benzene rings is 2. The predicted molar refractivity (Wildman–Crippen MR) is 83.8 cm³/mol. The molecule has 0 N–H and O–H groups in total.